The van der Waals surface area contributed by atoms with Crippen molar-refractivity contribution >= 4 is 29.8 Å². The normalized spacial score (nSPS) is 15.1. The number of aryl methyl sites for hydroxylation is 1. The highest BCUT2D eigenvalue weighted by molar-refractivity contribution is 7.80. The summed E-state index contributed by atoms with van der Waals surface area (Å²) in [6, 6.07) is 6.52. The molecule has 0 saturated heterocycles. The van der Waals surface area contributed by atoms with Gasteiger partial charge in [0.05, 0.1) is 12.3 Å². The molecule has 1 rings (SSSR count). The van der Waals surface area contributed by atoms with Crippen LogP contribution in [0.5, 0.6) is 0 Å². The number of nitrogens with zero attached hydrogens (tertiary/aromatic N) is 1. The third-order valence-corrected chi connectivity index (χ3v) is 3.62. The van der Waals surface area contributed by atoms with E-state index in [1.165, 1.54) is 5.06 Å². The van der Waals surface area contributed by atoms with E-state index in [-0.39, 0.29) is 5.92 Å². The number of anilines is 1. The number of halogens is 1. The van der Waals surface area contributed by atoms with Crippen LogP contribution in [0.15, 0.2) is 24.3 Å². The summed E-state index contributed by atoms with van der Waals surface area (Å²) in [6.45, 7) is 3.49. The molecule has 23 heavy (non-hydrogen) atoms. The van der Waals surface area contributed by atoms with E-state index < -0.39 is 19.0 Å². The van der Waals surface area contributed by atoms with Gasteiger partial charge in [0.15, 0.2) is 6.04 Å². The quantitative estimate of drug-likeness (QED) is 0.554. The second kappa shape index (κ2) is 8.69. The van der Waals surface area contributed by atoms with Gasteiger partial charge in [0, 0.05) is 11.2 Å². The van der Waals surface area contributed by atoms with Gasteiger partial charge >= 0.3 is 12.9 Å². The van der Waals surface area contributed by atoms with Crippen LogP contribution in [-0.4, -0.2) is 23.5 Å². The maximum atomic E-state index is 12.3. The minimum atomic E-state index is -4.44. The Morgan fingerprint density at radius 3 is 2.35 bits per heavy atom. The molecule has 0 radical (unpaired) electrons. The first-order valence-corrected chi connectivity index (χ1v) is 9.87. The fraction of sp³-hybridized carbons (Fsp3) is 0.533. The molecule has 8 heteroatoms. The number of benzene rings is 1. The standard InChI is InChI=1S/C15H23ClNO5P/c1-5-21-17(13-8-6-12(4)7-9-13)14(10-11(2)3)15(18)22-23(16,19)20/h6-9,11,14H,5,10H2,1-4H3,(H,19,20)/t14-/m0/s1. The molecule has 0 aliphatic carbocycles. The molecule has 0 aliphatic rings. The molecular formula is C15H23ClNO5P. The summed E-state index contributed by atoms with van der Waals surface area (Å²) in [4.78, 5) is 27.0. The van der Waals surface area contributed by atoms with Crippen molar-refractivity contribution in [1.82, 2.24) is 0 Å². The Hall–Kier alpha value is -1.07. The van der Waals surface area contributed by atoms with Crippen LogP contribution < -0.4 is 5.06 Å². The molecule has 1 unspecified atom stereocenters. The van der Waals surface area contributed by atoms with Gasteiger partial charge in [0.1, 0.15) is 0 Å². The summed E-state index contributed by atoms with van der Waals surface area (Å²) in [7, 11) is 0. The van der Waals surface area contributed by atoms with Gasteiger partial charge in [-0.05, 0) is 38.3 Å². The fourth-order valence-corrected chi connectivity index (χ4v) is 2.63. The Morgan fingerprint density at radius 1 is 1.35 bits per heavy atom. The molecule has 6 nitrogen and oxygen atoms in total. The first kappa shape index (κ1) is 20.0. The maximum Gasteiger partial charge on any atom is 0.476 e. The molecule has 0 bridgehead atoms. The molecule has 0 fully saturated rings. The van der Waals surface area contributed by atoms with Crippen molar-refractivity contribution in [3.8, 4) is 0 Å². The van der Waals surface area contributed by atoms with Crippen molar-refractivity contribution in [3.05, 3.63) is 29.8 Å². The monoisotopic (exact) mass is 363 g/mol. The summed E-state index contributed by atoms with van der Waals surface area (Å²) >= 11 is 5.17. The number of hydroxylamine groups is 1. The average molecular weight is 364 g/mol. The third-order valence-electron chi connectivity index (χ3n) is 3.01. The van der Waals surface area contributed by atoms with E-state index in [2.05, 4.69) is 4.52 Å². The Labute approximate surface area is 141 Å². The smallest absolute Gasteiger partial charge is 0.379 e. The number of hydrogen-bond acceptors (Lipinski definition) is 5. The van der Waals surface area contributed by atoms with Gasteiger partial charge in [0.2, 0.25) is 0 Å². The van der Waals surface area contributed by atoms with Crippen molar-refractivity contribution in [2.24, 2.45) is 5.92 Å². The van der Waals surface area contributed by atoms with Gasteiger partial charge in [0.25, 0.3) is 0 Å². The van der Waals surface area contributed by atoms with E-state index in [4.69, 9.17) is 21.0 Å². The van der Waals surface area contributed by atoms with Gasteiger partial charge < -0.3 is 9.42 Å². The fourth-order valence-electron chi connectivity index (χ4n) is 2.08. The molecule has 0 spiro atoms. The Bertz CT molecular complexity index is 557. The highest BCUT2D eigenvalue weighted by Gasteiger charge is 2.34. The van der Waals surface area contributed by atoms with Gasteiger partial charge in [-0.1, -0.05) is 31.5 Å². The molecule has 1 N–H and O–H groups in total. The lowest BCUT2D eigenvalue weighted by Crippen LogP contribution is -2.43. The second-order valence-corrected chi connectivity index (χ2v) is 7.95. The van der Waals surface area contributed by atoms with Crippen LogP contribution >= 0.6 is 18.2 Å². The molecule has 0 aromatic heterocycles. The largest absolute Gasteiger partial charge is 0.476 e. The molecule has 1 aromatic carbocycles. The first-order valence-electron chi connectivity index (χ1n) is 7.38. The lowest BCUT2D eigenvalue weighted by atomic mass is 10.0. The lowest BCUT2D eigenvalue weighted by Gasteiger charge is -2.31. The van der Waals surface area contributed by atoms with Crippen molar-refractivity contribution in [3.63, 3.8) is 0 Å². The van der Waals surface area contributed by atoms with Crippen molar-refractivity contribution in [1.29, 1.82) is 0 Å². The molecule has 2 atom stereocenters. The Kier molecular flexibility index (Phi) is 7.55. The molecule has 0 heterocycles. The summed E-state index contributed by atoms with van der Waals surface area (Å²) in [5.74, 6) is -0.761. The number of carbonyl (C=O) groups excluding carboxylic acids is 1. The van der Waals surface area contributed by atoms with Crippen molar-refractivity contribution in [2.75, 3.05) is 11.7 Å². The zero-order valence-corrected chi connectivity index (χ0v) is 15.4. The molecule has 0 aliphatic heterocycles. The van der Waals surface area contributed by atoms with E-state index in [9.17, 15) is 9.36 Å². The predicted octanol–water partition coefficient (Wildman–Crippen LogP) is 4.05. The first-order chi connectivity index (χ1) is 10.6. The van der Waals surface area contributed by atoms with Crippen LogP contribution in [0.1, 0.15) is 32.8 Å². The molecule has 130 valence electrons. The number of hydrogen-bond donors (Lipinski definition) is 1. The molecule has 1 aromatic rings. The van der Waals surface area contributed by atoms with E-state index in [1.807, 2.05) is 45.0 Å². The molecule has 0 saturated carbocycles. The maximum absolute atomic E-state index is 12.3. The highest BCUT2D eigenvalue weighted by Crippen LogP contribution is 2.48. The highest BCUT2D eigenvalue weighted by atomic mass is 35.7. The Balaban J connectivity index is 3.14. The van der Waals surface area contributed by atoms with Crippen LogP contribution in [0.3, 0.4) is 0 Å². The number of carbonyl (C=O) groups is 1. The Morgan fingerprint density at radius 2 is 1.91 bits per heavy atom. The summed E-state index contributed by atoms with van der Waals surface area (Å²) in [5, 5.41) is 1.41. The van der Waals surface area contributed by atoms with Crippen LogP contribution in [0, 0.1) is 12.8 Å². The lowest BCUT2D eigenvalue weighted by molar-refractivity contribution is -0.138. The minimum Gasteiger partial charge on any atom is -0.379 e. The average Bonchev–Trinajstić information content (AvgIpc) is 2.41. The van der Waals surface area contributed by atoms with Crippen LogP contribution in [0.25, 0.3) is 0 Å². The zero-order valence-electron chi connectivity index (χ0n) is 13.7. The third kappa shape index (κ3) is 6.92. The molecule has 0 amide bonds. The van der Waals surface area contributed by atoms with E-state index >= 15 is 0 Å². The van der Waals surface area contributed by atoms with E-state index in [0.717, 1.165) is 5.56 Å². The van der Waals surface area contributed by atoms with Crippen LogP contribution in [0.2, 0.25) is 0 Å². The molecular weight excluding hydrogens is 341 g/mol. The van der Waals surface area contributed by atoms with Gasteiger partial charge in [-0.3, -0.25) is 4.84 Å². The number of rotatable bonds is 8. The van der Waals surface area contributed by atoms with Gasteiger partial charge in [-0.2, -0.15) is 0 Å². The van der Waals surface area contributed by atoms with Crippen molar-refractivity contribution in [2.45, 2.75) is 40.2 Å². The van der Waals surface area contributed by atoms with E-state index in [1.54, 1.807) is 6.92 Å². The summed E-state index contributed by atoms with van der Waals surface area (Å²) in [6.07, 6.45) is 0.379. The summed E-state index contributed by atoms with van der Waals surface area (Å²) in [5.41, 5.74) is 1.72. The van der Waals surface area contributed by atoms with Crippen molar-refractivity contribution < 1.29 is 23.6 Å². The van der Waals surface area contributed by atoms with Crippen LogP contribution in [0.4, 0.5) is 5.69 Å². The minimum absolute atomic E-state index is 0.134. The topological polar surface area (TPSA) is 76.1 Å². The predicted molar refractivity (Wildman–Crippen MR) is 90.3 cm³/mol. The van der Waals surface area contributed by atoms with Crippen LogP contribution in [-0.2, 0) is 18.7 Å². The van der Waals surface area contributed by atoms with E-state index in [0.29, 0.717) is 18.7 Å². The zero-order chi connectivity index (χ0) is 17.6. The van der Waals surface area contributed by atoms with Gasteiger partial charge in [-0.15, -0.1) is 0 Å². The van der Waals surface area contributed by atoms with Gasteiger partial charge in [-0.25, -0.2) is 14.4 Å². The SMILES string of the molecule is CCON(c1ccc(C)cc1)[C@@H](CC(C)C)C(=O)OP(=O)(O)Cl. The summed E-state index contributed by atoms with van der Waals surface area (Å²) < 4.78 is 15.7. The second-order valence-electron chi connectivity index (χ2n) is 5.59.